The van der Waals surface area contributed by atoms with E-state index in [4.69, 9.17) is 0 Å². The zero-order valence-corrected chi connectivity index (χ0v) is 16.7. The summed E-state index contributed by atoms with van der Waals surface area (Å²) >= 11 is 0. The Hall–Kier alpha value is -3.54. The van der Waals surface area contributed by atoms with Crippen molar-refractivity contribution in [1.82, 2.24) is 0 Å². The van der Waals surface area contributed by atoms with E-state index in [-0.39, 0.29) is 16.5 Å². The molecule has 0 aliphatic rings. The Balaban J connectivity index is 1.79. The van der Waals surface area contributed by atoms with E-state index in [0.29, 0.717) is 17.5 Å². The Morgan fingerprint density at radius 2 is 1.28 bits per heavy atom. The summed E-state index contributed by atoms with van der Waals surface area (Å²) in [6.07, 6.45) is 3.32. The molecule has 4 rings (SSSR count). The number of benzene rings is 4. The quantitative estimate of drug-likeness (QED) is 0.166. The topological polar surface area (TPSA) is 0 Å². The molecule has 0 bridgehead atoms. The maximum atomic E-state index is 15.2. The number of halogens is 6. The van der Waals surface area contributed by atoms with Gasteiger partial charge in [-0.3, -0.25) is 0 Å². The zero-order valence-electron chi connectivity index (χ0n) is 16.7. The average Bonchev–Trinajstić information content (AvgIpc) is 2.75. The Bertz CT molecular complexity index is 1310. The van der Waals surface area contributed by atoms with Gasteiger partial charge in [-0.1, -0.05) is 36.4 Å². The Morgan fingerprint density at radius 3 is 1.91 bits per heavy atom. The van der Waals surface area contributed by atoms with E-state index in [0.717, 1.165) is 30.5 Å². The van der Waals surface area contributed by atoms with Gasteiger partial charge in [-0.25, -0.2) is 26.3 Å². The molecule has 0 saturated heterocycles. The third kappa shape index (κ3) is 3.88. The van der Waals surface area contributed by atoms with E-state index in [9.17, 15) is 22.0 Å². The van der Waals surface area contributed by atoms with Crippen molar-refractivity contribution in [2.45, 2.75) is 12.8 Å². The number of hydrogen-bond acceptors (Lipinski definition) is 0. The van der Waals surface area contributed by atoms with Crippen LogP contribution in [0.2, 0.25) is 0 Å². The smallest absolute Gasteiger partial charge is 0.194 e. The van der Waals surface area contributed by atoms with Crippen molar-refractivity contribution in [1.29, 1.82) is 0 Å². The lowest BCUT2D eigenvalue weighted by molar-refractivity contribution is 0.447. The SMILES string of the molecule is C=CCCc1ccc2c(F)c(-c3cc(F)c(-c4cc(F)c(F)c(F)c4)c(F)c3)ccc2c1. The highest BCUT2D eigenvalue weighted by Crippen LogP contribution is 2.35. The fraction of sp³-hybridized carbons (Fsp3) is 0.0769. The number of rotatable bonds is 5. The van der Waals surface area contributed by atoms with Gasteiger partial charge in [-0.15, -0.1) is 6.58 Å². The van der Waals surface area contributed by atoms with Crippen LogP contribution < -0.4 is 0 Å². The summed E-state index contributed by atoms with van der Waals surface area (Å²) in [6, 6.07) is 11.0. The lowest BCUT2D eigenvalue weighted by atomic mass is 9.95. The van der Waals surface area contributed by atoms with Crippen molar-refractivity contribution < 1.29 is 26.3 Å². The first-order valence-corrected chi connectivity index (χ1v) is 9.76. The minimum Gasteiger partial charge on any atom is -0.206 e. The molecule has 0 spiro atoms. The fourth-order valence-corrected chi connectivity index (χ4v) is 3.69. The zero-order chi connectivity index (χ0) is 23.0. The van der Waals surface area contributed by atoms with Crippen LogP contribution in [-0.2, 0) is 6.42 Å². The number of aryl methyl sites for hydroxylation is 1. The third-order valence-corrected chi connectivity index (χ3v) is 5.28. The molecule has 162 valence electrons. The molecule has 0 atom stereocenters. The van der Waals surface area contributed by atoms with E-state index < -0.39 is 46.0 Å². The largest absolute Gasteiger partial charge is 0.206 e. The molecule has 0 heterocycles. The van der Waals surface area contributed by atoms with Gasteiger partial charge in [0.1, 0.15) is 17.5 Å². The molecule has 0 amide bonds. The summed E-state index contributed by atoms with van der Waals surface area (Å²) < 4.78 is 84.9. The van der Waals surface area contributed by atoms with Gasteiger partial charge in [0.2, 0.25) is 0 Å². The minimum absolute atomic E-state index is 0.0304. The molecule has 0 aliphatic heterocycles. The number of fused-ring (bicyclic) bond motifs is 1. The predicted molar refractivity (Wildman–Crippen MR) is 113 cm³/mol. The second-order valence-corrected chi connectivity index (χ2v) is 7.38. The van der Waals surface area contributed by atoms with Crippen LogP contribution in [0.5, 0.6) is 0 Å². The first-order valence-electron chi connectivity index (χ1n) is 9.76. The molecular formula is C26H16F6. The third-order valence-electron chi connectivity index (χ3n) is 5.28. The first-order chi connectivity index (χ1) is 15.3. The number of allylic oxidation sites excluding steroid dienone is 1. The highest BCUT2D eigenvalue weighted by atomic mass is 19.2. The van der Waals surface area contributed by atoms with Crippen LogP contribution in [0.1, 0.15) is 12.0 Å². The summed E-state index contributed by atoms with van der Waals surface area (Å²) in [5, 5.41) is 0.931. The molecule has 0 fully saturated rings. The molecule has 0 aromatic heterocycles. The molecule has 4 aromatic rings. The van der Waals surface area contributed by atoms with Crippen molar-refractivity contribution in [3.8, 4) is 22.3 Å². The van der Waals surface area contributed by atoms with Gasteiger partial charge in [0.05, 0.1) is 5.56 Å². The summed E-state index contributed by atoms with van der Waals surface area (Å²) in [6.45, 7) is 3.67. The van der Waals surface area contributed by atoms with Crippen molar-refractivity contribution in [3.05, 3.63) is 108 Å². The maximum absolute atomic E-state index is 15.2. The molecular weight excluding hydrogens is 426 g/mol. The van der Waals surface area contributed by atoms with Crippen LogP contribution in [0.4, 0.5) is 26.3 Å². The summed E-state index contributed by atoms with van der Waals surface area (Å²) in [5.41, 5.74) is -0.350. The lowest BCUT2D eigenvalue weighted by Gasteiger charge is -2.12. The van der Waals surface area contributed by atoms with Crippen LogP contribution in [0.15, 0.2) is 67.3 Å². The monoisotopic (exact) mass is 442 g/mol. The van der Waals surface area contributed by atoms with Crippen molar-refractivity contribution >= 4 is 10.8 Å². The van der Waals surface area contributed by atoms with Gasteiger partial charge in [-0.05, 0) is 59.2 Å². The summed E-state index contributed by atoms with van der Waals surface area (Å²) in [4.78, 5) is 0. The van der Waals surface area contributed by atoms with Crippen molar-refractivity contribution in [2.24, 2.45) is 0 Å². The highest BCUT2D eigenvalue weighted by molar-refractivity contribution is 5.89. The van der Waals surface area contributed by atoms with Crippen molar-refractivity contribution in [3.63, 3.8) is 0 Å². The maximum Gasteiger partial charge on any atom is 0.194 e. The van der Waals surface area contributed by atoms with E-state index in [2.05, 4.69) is 6.58 Å². The molecule has 0 radical (unpaired) electrons. The second kappa shape index (κ2) is 8.54. The van der Waals surface area contributed by atoms with Crippen LogP contribution >= 0.6 is 0 Å². The predicted octanol–water partition coefficient (Wildman–Crippen LogP) is 8.13. The first kappa shape index (κ1) is 21.7. The van der Waals surface area contributed by atoms with Crippen LogP contribution in [0.3, 0.4) is 0 Å². The van der Waals surface area contributed by atoms with Crippen LogP contribution in [0, 0.1) is 34.9 Å². The lowest BCUT2D eigenvalue weighted by Crippen LogP contribution is -1.97. The normalized spacial score (nSPS) is 11.2. The molecule has 0 N–H and O–H groups in total. The number of hydrogen-bond donors (Lipinski definition) is 0. The molecule has 0 nitrogen and oxygen atoms in total. The van der Waals surface area contributed by atoms with Crippen LogP contribution in [0.25, 0.3) is 33.0 Å². The fourth-order valence-electron chi connectivity index (χ4n) is 3.69. The molecule has 0 aliphatic carbocycles. The van der Waals surface area contributed by atoms with E-state index in [1.807, 2.05) is 6.07 Å². The Kier molecular flexibility index (Phi) is 5.78. The van der Waals surface area contributed by atoms with Crippen molar-refractivity contribution in [2.75, 3.05) is 0 Å². The summed E-state index contributed by atoms with van der Waals surface area (Å²) in [7, 11) is 0. The molecule has 0 unspecified atom stereocenters. The second-order valence-electron chi connectivity index (χ2n) is 7.38. The standard InChI is InChI=1S/C26H16F6/c1-2-3-4-14-5-7-18-15(9-14)6-8-19(25(18)31)16-10-20(27)24(21(28)11-16)17-12-22(29)26(32)23(30)13-17/h2,5-13H,1,3-4H2. The van der Waals surface area contributed by atoms with E-state index in [1.165, 1.54) is 6.07 Å². The molecule has 6 heteroatoms. The van der Waals surface area contributed by atoms with Gasteiger partial charge >= 0.3 is 0 Å². The molecule has 32 heavy (non-hydrogen) atoms. The van der Waals surface area contributed by atoms with Gasteiger partial charge in [0.15, 0.2) is 17.5 Å². The Morgan fingerprint density at radius 1 is 0.656 bits per heavy atom. The van der Waals surface area contributed by atoms with Gasteiger partial charge in [0, 0.05) is 10.9 Å². The average molecular weight is 442 g/mol. The minimum atomic E-state index is -1.74. The van der Waals surface area contributed by atoms with E-state index in [1.54, 1.807) is 24.3 Å². The van der Waals surface area contributed by atoms with Gasteiger partial charge in [0.25, 0.3) is 0 Å². The molecule has 4 aromatic carbocycles. The Labute approximate surface area is 180 Å². The highest BCUT2D eigenvalue weighted by Gasteiger charge is 2.20. The van der Waals surface area contributed by atoms with Crippen LogP contribution in [-0.4, -0.2) is 0 Å². The molecule has 0 saturated carbocycles. The van der Waals surface area contributed by atoms with Gasteiger partial charge in [-0.2, -0.15) is 0 Å². The van der Waals surface area contributed by atoms with E-state index >= 15 is 4.39 Å². The van der Waals surface area contributed by atoms with Gasteiger partial charge < -0.3 is 0 Å². The summed E-state index contributed by atoms with van der Waals surface area (Å²) in [5.74, 6) is -7.86.